The van der Waals surface area contributed by atoms with Crippen LogP contribution < -0.4 is 5.73 Å². The summed E-state index contributed by atoms with van der Waals surface area (Å²) in [5.41, 5.74) is 8.02. The van der Waals surface area contributed by atoms with Crippen LogP contribution in [0.25, 0.3) is 6.08 Å². The zero-order chi connectivity index (χ0) is 10.4. The van der Waals surface area contributed by atoms with E-state index in [2.05, 4.69) is 44.2 Å². The SMILES string of the molecule is CC(C)Cc1ccc(/C=C/CN)cc1. The molecule has 0 fully saturated rings. The Morgan fingerprint density at radius 1 is 1.21 bits per heavy atom. The minimum absolute atomic E-state index is 0.605. The van der Waals surface area contributed by atoms with E-state index in [4.69, 9.17) is 5.73 Å². The van der Waals surface area contributed by atoms with Gasteiger partial charge in [0, 0.05) is 6.54 Å². The number of hydrogen-bond donors (Lipinski definition) is 1. The Hall–Kier alpha value is -1.08. The molecule has 1 heteroatoms. The van der Waals surface area contributed by atoms with Crippen LogP contribution in [0.1, 0.15) is 25.0 Å². The maximum atomic E-state index is 5.39. The molecule has 0 unspecified atom stereocenters. The van der Waals surface area contributed by atoms with E-state index in [0.29, 0.717) is 6.54 Å². The minimum atomic E-state index is 0.605. The lowest BCUT2D eigenvalue weighted by atomic mass is 10.0. The Bertz CT molecular complexity index is 283. The average Bonchev–Trinajstić information content (AvgIpc) is 2.16. The molecule has 0 spiro atoms. The molecule has 2 N–H and O–H groups in total. The van der Waals surface area contributed by atoms with Crippen molar-refractivity contribution in [1.82, 2.24) is 0 Å². The van der Waals surface area contributed by atoms with Crippen LogP contribution in [-0.4, -0.2) is 6.54 Å². The standard InChI is InChI=1S/C13H19N/c1-11(2)10-13-7-5-12(6-8-13)4-3-9-14/h3-8,11H,9-10,14H2,1-2H3/b4-3+. The lowest BCUT2D eigenvalue weighted by Gasteiger charge is -2.04. The Morgan fingerprint density at radius 2 is 1.86 bits per heavy atom. The van der Waals surface area contributed by atoms with E-state index in [1.807, 2.05) is 6.08 Å². The normalized spacial score (nSPS) is 11.4. The molecule has 0 aliphatic rings. The third-order valence-corrected chi connectivity index (χ3v) is 2.07. The van der Waals surface area contributed by atoms with Crippen molar-refractivity contribution in [3.8, 4) is 0 Å². The fourth-order valence-electron chi connectivity index (χ4n) is 1.44. The molecule has 0 heterocycles. The van der Waals surface area contributed by atoms with Gasteiger partial charge in [-0.05, 0) is 23.5 Å². The van der Waals surface area contributed by atoms with Gasteiger partial charge in [-0.15, -0.1) is 0 Å². The van der Waals surface area contributed by atoms with Crippen LogP contribution in [0, 0.1) is 5.92 Å². The van der Waals surface area contributed by atoms with Gasteiger partial charge in [-0.3, -0.25) is 0 Å². The van der Waals surface area contributed by atoms with E-state index >= 15 is 0 Å². The van der Waals surface area contributed by atoms with Crippen molar-refractivity contribution in [2.45, 2.75) is 20.3 Å². The van der Waals surface area contributed by atoms with Gasteiger partial charge in [-0.2, -0.15) is 0 Å². The second kappa shape index (κ2) is 5.61. The molecule has 0 bridgehead atoms. The average molecular weight is 189 g/mol. The lowest BCUT2D eigenvalue weighted by Crippen LogP contribution is -1.94. The van der Waals surface area contributed by atoms with Crippen LogP contribution in [0.15, 0.2) is 30.3 Å². The van der Waals surface area contributed by atoms with Crippen LogP contribution in [0.5, 0.6) is 0 Å². The molecule has 1 aromatic carbocycles. The summed E-state index contributed by atoms with van der Waals surface area (Å²) in [6, 6.07) is 8.67. The van der Waals surface area contributed by atoms with Crippen molar-refractivity contribution in [3.63, 3.8) is 0 Å². The first-order valence-electron chi connectivity index (χ1n) is 5.18. The van der Waals surface area contributed by atoms with E-state index in [0.717, 1.165) is 12.3 Å². The van der Waals surface area contributed by atoms with Gasteiger partial charge in [0.25, 0.3) is 0 Å². The second-order valence-corrected chi connectivity index (χ2v) is 3.98. The highest BCUT2D eigenvalue weighted by Crippen LogP contribution is 2.10. The van der Waals surface area contributed by atoms with Crippen molar-refractivity contribution in [2.24, 2.45) is 11.7 Å². The summed E-state index contributed by atoms with van der Waals surface area (Å²) in [6.45, 7) is 5.08. The maximum absolute atomic E-state index is 5.39. The van der Waals surface area contributed by atoms with E-state index in [9.17, 15) is 0 Å². The summed E-state index contributed by atoms with van der Waals surface area (Å²) in [4.78, 5) is 0. The van der Waals surface area contributed by atoms with Gasteiger partial charge in [0.2, 0.25) is 0 Å². The summed E-state index contributed by atoms with van der Waals surface area (Å²) < 4.78 is 0. The topological polar surface area (TPSA) is 26.0 Å². The molecule has 0 aliphatic carbocycles. The second-order valence-electron chi connectivity index (χ2n) is 3.98. The first-order valence-corrected chi connectivity index (χ1v) is 5.18. The Balaban J connectivity index is 2.64. The third-order valence-electron chi connectivity index (χ3n) is 2.07. The molecule has 0 amide bonds. The van der Waals surface area contributed by atoms with E-state index in [-0.39, 0.29) is 0 Å². The zero-order valence-corrected chi connectivity index (χ0v) is 9.03. The Labute approximate surface area is 86.6 Å². The predicted octanol–water partition coefficient (Wildman–Crippen LogP) is 2.86. The monoisotopic (exact) mass is 189 g/mol. The Morgan fingerprint density at radius 3 is 2.36 bits per heavy atom. The molecule has 0 saturated carbocycles. The minimum Gasteiger partial charge on any atom is -0.327 e. The molecule has 1 rings (SSSR count). The van der Waals surface area contributed by atoms with Gasteiger partial charge in [0.15, 0.2) is 0 Å². The summed E-state index contributed by atoms with van der Waals surface area (Å²) >= 11 is 0. The van der Waals surface area contributed by atoms with Crippen LogP contribution in [-0.2, 0) is 6.42 Å². The van der Waals surface area contributed by atoms with Crippen molar-refractivity contribution in [3.05, 3.63) is 41.5 Å². The lowest BCUT2D eigenvalue weighted by molar-refractivity contribution is 0.647. The largest absolute Gasteiger partial charge is 0.327 e. The van der Waals surface area contributed by atoms with Gasteiger partial charge in [-0.25, -0.2) is 0 Å². The number of rotatable bonds is 4. The summed E-state index contributed by atoms with van der Waals surface area (Å²) in [5.74, 6) is 0.723. The Kier molecular flexibility index (Phi) is 4.41. The van der Waals surface area contributed by atoms with Crippen LogP contribution in [0.2, 0.25) is 0 Å². The van der Waals surface area contributed by atoms with Crippen molar-refractivity contribution in [2.75, 3.05) is 6.54 Å². The van der Waals surface area contributed by atoms with Crippen LogP contribution >= 0.6 is 0 Å². The van der Waals surface area contributed by atoms with E-state index in [1.54, 1.807) is 0 Å². The van der Waals surface area contributed by atoms with Gasteiger partial charge in [0.1, 0.15) is 0 Å². The summed E-state index contributed by atoms with van der Waals surface area (Å²) in [6.07, 6.45) is 5.18. The fourth-order valence-corrected chi connectivity index (χ4v) is 1.44. The molecule has 0 radical (unpaired) electrons. The molecular weight excluding hydrogens is 170 g/mol. The third kappa shape index (κ3) is 3.75. The van der Waals surface area contributed by atoms with Gasteiger partial charge in [-0.1, -0.05) is 50.3 Å². The number of benzene rings is 1. The number of nitrogens with two attached hydrogens (primary N) is 1. The smallest absolute Gasteiger partial charge is 0.0110 e. The highest BCUT2D eigenvalue weighted by atomic mass is 14.5. The van der Waals surface area contributed by atoms with Crippen LogP contribution in [0.3, 0.4) is 0 Å². The molecule has 14 heavy (non-hydrogen) atoms. The molecule has 1 nitrogen and oxygen atoms in total. The van der Waals surface area contributed by atoms with Crippen LogP contribution in [0.4, 0.5) is 0 Å². The highest BCUT2D eigenvalue weighted by molar-refractivity contribution is 5.49. The maximum Gasteiger partial charge on any atom is 0.0110 e. The predicted molar refractivity (Wildman–Crippen MR) is 63.1 cm³/mol. The van der Waals surface area contributed by atoms with Crippen molar-refractivity contribution >= 4 is 6.08 Å². The summed E-state index contributed by atoms with van der Waals surface area (Å²) in [5, 5.41) is 0. The molecule has 0 aromatic heterocycles. The summed E-state index contributed by atoms with van der Waals surface area (Å²) in [7, 11) is 0. The van der Waals surface area contributed by atoms with Gasteiger partial charge >= 0.3 is 0 Å². The molecule has 0 atom stereocenters. The van der Waals surface area contributed by atoms with E-state index in [1.165, 1.54) is 11.1 Å². The molecule has 0 saturated heterocycles. The van der Waals surface area contributed by atoms with E-state index < -0.39 is 0 Å². The molecule has 76 valence electrons. The molecular formula is C13H19N. The van der Waals surface area contributed by atoms with Crippen molar-refractivity contribution in [1.29, 1.82) is 0 Å². The first-order chi connectivity index (χ1) is 6.72. The van der Waals surface area contributed by atoms with Gasteiger partial charge in [0.05, 0.1) is 0 Å². The number of hydrogen-bond acceptors (Lipinski definition) is 1. The highest BCUT2D eigenvalue weighted by Gasteiger charge is 1.96. The van der Waals surface area contributed by atoms with Gasteiger partial charge < -0.3 is 5.73 Å². The van der Waals surface area contributed by atoms with Crippen molar-refractivity contribution < 1.29 is 0 Å². The zero-order valence-electron chi connectivity index (χ0n) is 9.03. The molecule has 0 aliphatic heterocycles. The fraction of sp³-hybridized carbons (Fsp3) is 0.385. The quantitative estimate of drug-likeness (QED) is 0.774. The molecule has 1 aromatic rings. The first kappa shape index (κ1) is 11.0.